The molecule has 72 heavy (non-hydrogen) atoms. The first-order chi connectivity index (χ1) is 34.8. The van der Waals surface area contributed by atoms with Crippen LogP contribution in [0.1, 0.15) is 102 Å². The SMILES string of the molecule is O=CC1CCCC12CC1CC3CC4CC5(CO)OC6Oc7cccc8c7C(=O)C7(C(O)=CC(Cc9cccc(CO)c9)=CC7C8=O)C(CCCO)SSCNC7=C8CCC2C1(C8=C3CN7)C4C(O)(C6O)C5O. The normalized spacial score (nSPS) is 43.1. The number of nitrogens with one attached hydrogen (secondary N) is 2. The van der Waals surface area contributed by atoms with Crippen LogP contribution in [-0.4, -0.2) is 114 Å². The van der Waals surface area contributed by atoms with Crippen LogP contribution in [0.4, 0.5) is 0 Å². The molecule has 16 heteroatoms. The Hall–Kier alpha value is -3.97. The minimum absolute atomic E-state index is 0.0344. The molecule has 9 N–H and O–H groups in total. The predicted octanol–water partition coefficient (Wildman–Crippen LogP) is 5.36. The molecule has 9 aliphatic carbocycles. The molecule has 2 aromatic rings. The lowest BCUT2D eigenvalue weighted by Gasteiger charge is -2.68. The number of hydrogen-bond acceptors (Lipinski definition) is 16. The maximum Gasteiger partial charge on any atom is 0.229 e. The van der Waals surface area contributed by atoms with Gasteiger partial charge >= 0.3 is 0 Å². The fourth-order valence-corrected chi connectivity index (χ4v) is 21.0. The molecule has 2 aromatic carbocycles. The number of fused-ring (bicyclic) bond motifs is 3. The van der Waals surface area contributed by atoms with E-state index in [4.69, 9.17) is 9.47 Å². The number of aliphatic hydroxyl groups excluding tert-OH is 6. The van der Waals surface area contributed by atoms with E-state index in [0.29, 0.717) is 36.4 Å². The summed E-state index contributed by atoms with van der Waals surface area (Å²) < 4.78 is 13.5. The molecule has 0 radical (unpaired) electrons. The highest BCUT2D eigenvalue weighted by molar-refractivity contribution is 8.76. The summed E-state index contributed by atoms with van der Waals surface area (Å²) in [4.78, 5) is 44.7. The lowest BCUT2D eigenvalue weighted by Crippen LogP contribution is -2.81. The Balaban J connectivity index is 1.00. The van der Waals surface area contributed by atoms with Gasteiger partial charge in [-0.05, 0) is 145 Å². The molecule has 16 atom stereocenters. The molecule has 14 nitrogen and oxygen atoms in total. The van der Waals surface area contributed by atoms with Crippen molar-refractivity contribution in [2.75, 3.05) is 25.6 Å². The van der Waals surface area contributed by atoms with Crippen LogP contribution >= 0.6 is 21.6 Å². The molecular formula is C56H64N2O12S2. The van der Waals surface area contributed by atoms with Gasteiger partial charge in [-0.25, -0.2) is 0 Å². The number of benzene rings is 2. The van der Waals surface area contributed by atoms with Crippen molar-refractivity contribution >= 4 is 39.4 Å². The third kappa shape index (κ3) is 6.10. The quantitative estimate of drug-likeness (QED) is 0.120. The van der Waals surface area contributed by atoms with Crippen LogP contribution < -0.4 is 15.4 Å². The van der Waals surface area contributed by atoms with E-state index >= 15 is 9.59 Å². The summed E-state index contributed by atoms with van der Waals surface area (Å²) in [5, 5.41) is 91.4. The Kier molecular flexibility index (Phi) is 11.3. The molecule has 12 aliphatic rings. The third-order valence-electron chi connectivity index (χ3n) is 20.4. The second-order valence-corrected chi connectivity index (χ2v) is 25.7. The number of carbonyl (C=O) groups excluding carboxylic acids is 3. The number of allylic oxidation sites excluding steroid dienone is 6. The average molecular weight is 1020 g/mol. The van der Waals surface area contributed by atoms with E-state index in [1.54, 1.807) is 24.3 Å². The Morgan fingerprint density at radius 1 is 0.986 bits per heavy atom. The molecule has 3 heterocycles. The van der Waals surface area contributed by atoms with Crippen LogP contribution in [-0.2, 0) is 22.6 Å². The van der Waals surface area contributed by atoms with Gasteiger partial charge in [0.05, 0.1) is 30.6 Å². The molecule has 3 aliphatic heterocycles. The topological polar surface area (TPSA) is 235 Å². The number of aldehydes is 1. The van der Waals surface area contributed by atoms with E-state index in [-0.39, 0.29) is 90.1 Å². The van der Waals surface area contributed by atoms with Crippen LogP contribution in [0.3, 0.4) is 0 Å². The number of ketones is 2. The Bertz CT molecular complexity index is 2800. The maximum atomic E-state index is 16.1. The molecule has 14 rings (SSSR count). The van der Waals surface area contributed by atoms with Gasteiger partial charge in [0.15, 0.2) is 11.6 Å². The van der Waals surface area contributed by atoms with Crippen LogP contribution in [0.2, 0.25) is 0 Å². The summed E-state index contributed by atoms with van der Waals surface area (Å²) >= 11 is 0. The number of dihydropyridines is 1. The van der Waals surface area contributed by atoms with Crippen molar-refractivity contribution in [3.8, 4) is 5.75 Å². The Morgan fingerprint density at radius 3 is 2.62 bits per heavy atom. The molecule has 11 bridgehead atoms. The summed E-state index contributed by atoms with van der Waals surface area (Å²) in [5.74, 6) is -2.46. The van der Waals surface area contributed by atoms with Gasteiger partial charge in [0.25, 0.3) is 0 Å². The van der Waals surface area contributed by atoms with Gasteiger partial charge in [-0.15, -0.1) is 0 Å². The first kappa shape index (κ1) is 47.7. The Morgan fingerprint density at radius 2 is 1.82 bits per heavy atom. The summed E-state index contributed by atoms with van der Waals surface area (Å²) in [6.45, 7) is -0.495. The van der Waals surface area contributed by atoms with Gasteiger partial charge < -0.3 is 60.6 Å². The van der Waals surface area contributed by atoms with Crippen LogP contribution in [0, 0.1) is 57.7 Å². The van der Waals surface area contributed by atoms with Crippen molar-refractivity contribution < 1.29 is 59.6 Å². The van der Waals surface area contributed by atoms with Gasteiger partial charge in [-0.2, -0.15) is 0 Å². The van der Waals surface area contributed by atoms with Gasteiger partial charge in [0.2, 0.25) is 6.29 Å². The van der Waals surface area contributed by atoms with E-state index in [9.17, 15) is 40.5 Å². The first-order valence-corrected chi connectivity index (χ1v) is 28.6. The second kappa shape index (κ2) is 17.0. The third-order valence-corrected chi connectivity index (χ3v) is 23.1. The Labute approximate surface area is 426 Å². The monoisotopic (exact) mass is 1020 g/mol. The lowest BCUT2D eigenvalue weighted by atomic mass is 9.41. The molecule has 1 saturated heterocycles. The average Bonchev–Trinajstić information content (AvgIpc) is 3.85. The van der Waals surface area contributed by atoms with Gasteiger partial charge in [0, 0.05) is 41.2 Å². The zero-order chi connectivity index (χ0) is 49.7. The largest absolute Gasteiger partial charge is 0.511 e. The summed E-state index contributed by atoms with van der Waals surface area (Å²) in [7, 11) is 2.86. The fourth-order valence-electron chi connectivity index (χ4n) is 18.1. The zero-order valence-electron chi connectivity index (χ0n) is 40.1. The zero-order valence-corrected chi connectivity index (χ0v) is 41.8. The highest BCUT2D eigenvalue weighted by Gasteiger charge is 2.81. The summed E-state index contributed by atoms with van der Waals surface area (Å²) in [5.41, 5.74) is -1.34. The number of Topliss-reactive ketones (excluding diaryl/α,β-unsaturated/α-hetero) is 2. The molecule has 382 valence electrons. The number of aliphatic hydroxyl groups is 7. The van der Waals surface area contributed by atoms with E-state index in [1.165, 1.54) is 45.1 Å². The highest BCUT2D eigenvalue weighted by atomic mass is 33.1. The molecular weight excluding hydrogens is 957 g/mol. The number of carbonyl (C=O) groups is 3. The van der Waals surface area contributed by atoms with Crippen molar-refractivity contribution in [3.05, 3.63) is 111 Å². The van der Waals surface area contributed by atoms with Crippen molar-refractivity contribution in [1.29, 1.82) is 0 Å². The molecule has 16 unspecified atom stereocenters. The maximum absolute atomic E-state index is 16.1. The number of hydrogen-bond donors (Lipinski definition) is 9. The number of ether oxygens (including phenoxy) is 2. The van der Waals surface area contributed by atoms with Crippen molar-refractivity contribution in [1.82, 2.24) is 10.6 Å². The first-order valence-electron chi connectivity index (χ1n) is 26.2. The standard InChI is InChI=1S/C56H64N2O12S2/c59-14-4-10-42-55-38(17-30(18-41(55)63)16-28-5-1-6-29(15-28)24-60)45(64)35-8-2-9-39(43(35)47(55)65)69-50-48(66)56(68)46-32(21-53(26-62,70-50)51(56)67)19-31-20-34-22-52(13-3-7-33(52)25-61)40-12-11-36-44(54(34,40)46)37(31)23-57-49(36)58-27-71-72-42/h1-2,5-6,8-9,15,17-18,25,31-34,38,40,42,46,48,50-51,57-60,62-63,66-68H,3-4,7,10-14,16,19-24,26-27H2. The molecule has 3 spiro atoms. The molecule has 5 saturated carbocycles. The molecule has 0 aromatic heterocycles. The molecule has 0 amide bonds. The van der Waals surface area contributed by atoms with Crippen LogP contribution in [0.15, 0.2) is 88.5 Å². The molecule has 6 fully saturated rings. The van der Waals surface area contributed by atoms with Crippen molar-refractivity contribution in [2.24, 2.45) is 57.7 Å². The highest BCUT2D eigenvalue weighted by Crippen LogP contribution is 2.81. The summed E-state index contributed by atoms with van der Waals surface area (Å²) in [6, 6.07) is 12.1. The van der Waals surface area contributed by atoms with Crippen molar-refractivity contribution in [3.63, 3.8) is 0 Å². The van der Waals surface area contributed by atoms with E-state index in [0.717, 1.165) is 61.9 Å². The van der Waals surface area contributed by atoms with Crippen molar-refractivity contribution in [2.45, 2.75) is 119 Å². The van der Waals surface area contributed by atoms with Crippen LogP contribution in [0.25, 0.3) is 0 Å². The second-order valence-electron chi connectivity index (χ2n) is 23.1. The lowest BCUT2D eigenvalue weighted by molar-refractivity contribution is -0.394. The van der Waals surface area contributed by atoms with E-state index in [1.807, 2.05) is 24.3 Å². The van der Waals surface area contributed by atoms with Gasteiger partial charge in [-0.1, -0.05) is 70.5 Å². The van der Waals surface area contributed by atoms with Crippen LogP contribution in [0.5, 0.6) is 5.75 Å². The van der Waals surface area contributed by atoms with E-state index < -0.39 is 75.8 Å². The van der Waals surface area contributed by atoms with Gasteiger partial charge in [-0.3, -0.25) is 9.59 Å². The number of rotatable bonds is 8. The summed E-state index contributed by atoms with van der Waals surface area (Å²) in [6.07, 6.45) is 6.52. The fraction of sp³-hybridized carbons (Fsp3) is 0.589. The minimum Gasteiger partial charge on any atom is -0.511 e. The predicted molar refractivity (Wildman–Crippen MR) is 267 cm³/mol. The minimum atomic E-state index is -2.32. The smallest absolute Gasteiger partial charge is 0.229 e. The van der Waals surface area contributed by atoms with E-state index in [2.05, 4.69) is 10.6 Å². The van der Waals surface area contributed by atoms with Gasteiger partial charge in [0.1, 0.15) is 52.4 Å².